The lowest BCUT2D eigenvalue weighted by Gasteiger charge is -2.39. The first-order valence-electron chi connectivity index (χ1n) is 8.33. The molecule has 1 aromatic heterocycles. The highest BCUT2D eigenvalue weighted by atomic mass is 19.1. The van der Waals surface area contributed by atoms with Crippen LogP contribution in [0.4, 0.5) is 8.78 Å². The predicted molar refractivity (Wildman–Crippen MR) is 89.2 cm³/mol. The van der Waals surface area contributed by atoms with E-state index in [1.165, 1.54) is 12.1 Å². The van der Waals surface area contributed by atoms with Gasteiger partial charge in [-0.25, -0.2) is 8.78 Å². The van der Waals surface area contributed by atoms with Crippen molar-refractivity contribution in [1.29, 1.82) is 0 Å². The first-order valence-corrected chi connectivity index (χ1v) is 8.33. The molecule has 2 atom stereocenters. The van der Waals surface area contributed by atoms with Crippen molar-refractivity contribution in [3.8, 4) is 0 Å². The lowest BCUT2D eigenvalue weighted by molar-refractivity contribution is -0.145. The number of hydrogen-bond donors (Lipinski definition) is 1. The molecule has 0 saturated carbocycles. The molecule has 25 heavy (non-hydrogen) atoms. The Morgan fingerprint density at radius 1 is 1.28 bits per heavy atom. The Hall–Kier alpha value is -2.34. The molecule has 0 spiro atoms. The largest absolute Gasteiger partial charge is 0.480 e. The molecule has 132 valence electrons. The number of carbonyl (C=O) groups is 1. The molecule has 2 heterocycles. The van der Waals surface area contributed by atoms with Crippen LogP contribution in [0, 0.1) is 18.6 Å². The highest BCUT2D eigenvalue weighted by Gasteiger charge is 2.36. The highest BCUT2D eigenvalue weighted by molar-refractivity contribution is 5.73. The zero-order chi connectivity index (χ0) is 18.0. The number of aliphatic carboxylic acids is 1. The number of halogens is 2. The van der Waals surface area contributed by atoms with E-state index >= 15 is 0 Å². The maximum atomic E-state index is 14.5. The lowest BCUT2D eigenvalue weighted by Crippen LogP contribution is -2.47. The molecule has 1 aromatic carbocycles. The third kappa shape index (κ3) is 3.69. The average Bonchev–Trinajstić information content (AvgIpc) is 2.59. The molecular weight excluding hydrogens is 326 g/mol. The van der Waals surface area contributed by atoms with E-state index in [-0.39, 0.29) is 5.56 Å². The zero-order valence-corrected chi connectivity index (χ0v) is 14.0. The van der Waals surface area contributed by atoms with Crippen LogP contribution >= 0.6 is 0 Å². The van der Waals surface area contributed by atoms with E-state index in [9.17, 15) is 18.7 Å². The van der Waals surface area contributed by atoms with Gasteiger partial charge in [-0.2, -0.15) is 0 Å². The first-order chi connectivity index (χ1) is 12.0. The number of rotatable bonds is 4. The number of nitrogens with zero attached hydrogens (tertiary/aromatic N) is 2. The van der Waals surface area contributed by atoms with Crippen molar-refractivity contribution in [2.75, 3.05) is 6.54 Å². The number of likely N-dealkylation sites (tertiary alicyclic amines) is 1. The molecule has 1 saturated heterocycles. The Balaban J connectivity index is 2.10. The van der Waals surface area contributed by atoms with Crippen LogP contribution in [0.3, 0.4) is 0 Å². The summed E-state index contributed by atoms with van der Waals surface area (Å²) >= 11 is 0. The van der Waals surface area contributed by atoms with Crippen molar-refractivity contribution in [2.45, 2.75) is 38.3 Å². The standard InChI is InChI=1S/C19H20F2N2O2/c1-12-5-8-16(22-11-12)18(14-7-6-13(20)10-15(14)21)23-9-3-2-4-17(23)19(24)25/h5-8,10-11,17-18H,2-4,9H2,1H3,(H,24,25). The van der Waals surface area contributed by atoms with Crippen molar-refractivity contribution in [1.82, 2.24) is 9.88 Å². The Morgan fingerprint density at radius 3 is 2.72 bits per heavy atom. The summed E-state index contributed by atoms with van der Waals surface area (Å²) < 4.78 is 27.9. The second-order valence-corrected chi connectivity index (χ2v) is 6.42. The molecule has 2 unspecified atom stereocenters. The van der Waals surface area contributed by atoms with Gasteiger partial charge in [0.2, 0.25) is 0 Å². The second-order valence-electron chi connectivity index (χ2n) is 6.42. The topological polar surface area (TPSA) is 53.4 Å². The van der Waals surface area contributed by atoms with E-state index in [1.54, 1.807) is 17.2 Å². The molecular formula is C19H20F2N2O2. The van der Waals surface area contributed by atoms with Crippen molar-refractivity contribution >= 4 is 5.97 Å². The van der Waals surface area contributed by atoms with E-state index in [0.29, 0.717) is 18.7 Å². The number of carboxylic acids is 1. The summed E-state index contributed by atoms with van der Waals surface area (Å²) in [5.41, 5.74) is 1.76. The third-order valence-electron chi connectivity index (χ3n) is 4.63. The Bertz CT molecular complexity index is 765. The van der Waals surface area contributed by atoms with Gasteiger partial charge in [0.1, 0.15) is 17.7 Å². The quantitative estimate of drug-likeness (QED) is 0.917. The minimum atomic E-state index is -0.931. The van der Waals surface area contributed by atoms with Gasteiger partial charge in [0.05, 0.1) is 11.7 Å². The van der Waals surface area contributed by atoms with Gasteiger partial charge >= 0.3 is 5.97 Å². The van der Waals surface area contributed by atoms with Crippen LogP contribution in [0.5, 0.6) is 0 Å². The van der Waals surface area contributed by atoms with Gasteiger partial charge in [-0.05, 0) is 44.0 Å². The van der Waals surface area contributed by atoms with E-state index in [0.717, 1.165) is 24.5 Å². The summed E-state index contributed by atoms with van der Waals surface area (Å²) in [5, 5.41) is 9.59. The van der Waals surface area contributed by atoms with Crippen LogP contribution in [0.15, 0.2) is 36.5 Å². The van der Waals surface area contributed by atoms with Crippen LogP contribution < -0.4 is 0 Å². The molecule has 4 nitrogen and oxygen atoms in total. The van der Waals surface area contributed by atoms with Crippen LogP contribution in [-0.4, -0.2) is 33.5 Å². The van der Waals surface area contributed by atoms with Crippen molar-refractivity contribution in [2.24, 2.45) is 0 Å². The number of aromatic nitrogens is 1. The fourth-order valence-electron chi connectivity index (χ4n) is 3.40. The minimum absolute atomic E-state index is 0.242. The fraction of sp³-hybridized carbons (Fsp3) is 0.368. The monoisotopic (exact) mass is 346 g/mol. The Morgan fingerprint density at radius 2 is 2.08 bits per heavy atom. The van der Waals surface area contributed by atoms with Gasteiger partial charge in [-0.1, -0.05) is 18.6 Å². The number of piperidine rings is 1. The maximum Gasteiger partial charge on any atom is 0.320 e. The summed E-state index contributed by atoms with van der Waals surface area (Å²) in [7, 11) is 0. The number of hydrogen-bond acceptors (Lipinski definition) is 3. The molecule has 0 radical (unpaired) electrons. The minimum Gasteiger partial charge on any atom is -0.480 e. The fourth-order valence-corrected chi connectivity index (χ4v) is 3.40. The molecule has 6 heteroatoms. The summed E-state index contributed by atoms with van der Waals surface area (Å²) in [6.45, 7) is 2.42. The van der Waals surface area contributed by atoms with Crippen LogP contribution in [0.1, 0.15) is 42.1 Å². The molecule has 1 aliphatic heterocycles. The predicted octanol–water partition coefficient (Wildman–Crippen LogP) is 3.70. The van der Waals surface area contributed by atoms with Crippen molar-refractivity contribution in [3.05, 3.63) is 65.0 Å². The molecule has 1 aliphatic rings. The number of pyridine rings is 1. The van der Waals surface area contributed by atoms with Gasteiger partial charge in [-0.3, -0.25) is 14.7 Å². The van der Waals surface area contributed by atoms with Gasteiger partial charge in [0.25, 0.3) is 0 Å². The van der Waals surface area contributed by atoms with E-state index in [1.807, 2.05) is 13.0 Å². The smallest absolute Gasteiger partial charge is 0.320 e. The van der Waals surface area contributed by atoms with Gasteiger partial charge < -0.3 is 5.11 Å². The Labute approximate surface area is 145 Å². The molecule has 1 N–H and O–H groups in total. The van der Waals surface area contributed by atoms with E-state index in [2.05, 4.69) is 4.98 Å². The number of benzene rings is 1. The molecule has 2 aromatic rings. The summed E-state index contributed by atoms with van der Waals surface area (Å²) in [6, 6.07) is 5.65. The Kier molecular flexibility index (Phi) is 5.08. The lowest BCUT2D eigenvalue weighted by atomic mass is 9.93. The number of aryl methyl sites for hydroxylation is 1. The van der Waals surface area contributed by atoms with Crippen LogP contribution in [0.25, 0.3) is 0 Å². The highest BCUT2D eigenvalue weighted by Crippen LogP contribution is 2.34. The van der Waals surface area contributed by atoms with Crippen molar-refractivity contribution in [3.63, 3.8) is 0 Å². The second kappa shape index (κ2) is 7.27. The van der Waals surface area contributed by atoms with Crippen molar-refractivity contribution < 1.29 is 18.7 Å². The van der Waals surface area contributed by atoms with Gasteiger partial charge in [-0.15, -0.1) is 0 Å². The number of carboxylic acid groups (broad SMARTS) is 1. The summed E-state index contributed by atoms with van der Waals surface area (Å²) in [4.78, 5) is 17.9. The van der Waals surface area contributed by atoms with Crippen LogP contribution in [-0.2, 0) is 4.79 Å². The average molecular weight is 346 g/mol. The molecule has 0 bridgehead atoms. The van der Waals surface area contributed by atoms with E-state index in [4.69, 9.17) is 0 Å². The summed E-state index contributed by atoms with van der Waals surface area (Å²) in [6.07, 6.45) is 3.81. The third-order valence-corrected chi connectivity index (χ3v) is 4.63. The SMILES string of the molecule is Cc1ccc(C(c2ccc(F)cc2F)N2CCCCC2C(=O)O)nc1. The van der Waals surface area contributed by atoms with Crippen LogP contribution in [0.2, 0.25) is 0 Å². The maximum absolute atomic E-state index is 14.5. The molecule has 0 aliphatic carbocycles. The van der Waals surface area contributed by atoms with E-state index < -0.39 is 29.7 Å². The molecule has 3 rings (SSSR count). The molecule has 1 fully saturated rings. The first kappa shape index (κ1) is 17.5. The van der Waals surface area contributed by atoms with Gasteiger partial charge in [0.15, 0.2) is 0 Å². The van der Waals surface area contributed by atoms with Gasteiger partial charge in [0, 0.05) is 17.8 Å². The normalized spacial score (nSPS) is 19.6. The molecule has 0 amide bonds. The zero-order valence-electron chi connectivity index (χ0n) is 14.0. The summed E-state index contributed by atoms with van der Waals surface area (Å²) in [5.74, 6) is -2.29.